The first-order valence-corrected chi connectivity index (χ1v) is 11.2. The maximum atomic E-state index is 13.2. The van der Waals surface area contributed by atoms with Gasteiger partial charge in [0.25, 0.3) is 10.0 Å². The molecule has 1 aromatic heterocycles. The number of sulfonamides is 1. The van der Waals surface area contributed by atoms with Crippen LogP contribution in [0, 0.1) is 0 Å². The summed E-state index contributed by atoms with van der Waals surface area (Å²) in [5, 5.41) is -0.00413. The normalized spacial score (nSPS) is 15.2. The van der Waals surface area contributed by atoms with Crippen molar-refractivity contribution in [2.75, 3.05) is 13.3 Å². The van der Waals surface area contributed by atoms with E-state index in [-0.39, 0.29) is 24.2 Å². The average Bonchev–Trinajstić information content (AvgIpc) is 2.70. The highest BCUT2D eigenvalue weighted by Crippen LogP contribution is 2.40. The van der Waals surface area contributed by atoms with Gasteiger partial charge in [0, 0.05) is 24.3 Å². The summed E-state index contributed by atoms with van der Waals surface area (Å²) >= 11 is 0. The van der Waals surface area contributed by atoms with Crippen LogP contribution < -0.4 is 9.47 Å². The molecule has 0 saturated carbocycles. The van der Waals surface area contributed by atoms with Crippen molar-refractivity contribution in [3.05, 3.63) is 53.7 Å². The molecule has 0 fully saturated rings. The first-order chi connectivity index (χ1) is 14.1. The van der Waals surface area contributed by atoms with Gasteiger partial charge in [-0.05, 0) is 63.6 Å². The summed E-state index contributed by atoms with van der Waals surface area (Å²) in [5.74, 6) is 0.930. The van der Waals surface area contributed by atoms with Gasteiger partial charge < -0.3 is 9.47 Å². The number of pyridine rings is 1. The molecule has 0 N–H and O–H groups in total. The molecule has 162 valence electrons. The van der Waals surface area contributed by atoms with Crippen molar-refractivity contribution in [1.82, 2.24) is 9.29 Å². The summed E-state index contributed by atoms with van der Waals surface area (Å²) in [6.45, 7) is 6.83. The van der Waals surface area contributed by atoms with Crippen molar-refractivity contribution in [1.29, 1.82) is 0 Å². The molecule has 8 heteroatoms. The van der Waals surface area contributed by atoms with E-state index < -0.39 is 22.3 Å². The van der Waals surface area contributed by atoms with Gasteiger partial charge >= 0.3 is 0 Å². The SMILES string of the molecule is CC(C)N(Cc1cc2c(c(OCCF)c1)OC(C)(C)C=C2)S(=O)(=O)c1ccccn1. The molecule has 0 saturated heterocycles. The van der Waals surface area contributed by atoms with Gasteiger partial charge in [0.1, 0.15) is 18.9 Å². The molecule has 1 aliphatic rings. The van der Waals surface area contributed by atoms with Gasteiger partial charge in [-0.25, -0.2) is 17.8 Å². The second kappa shape index (κ2) is 8.73. The zero-order valence-electron chi connectivity index (χ0n) is 17.6. The first kappa shape index (κ1) is 22.2. The zero-order chi connectivity index (χ0) is 21.9. The maximum Gasteiger partial charge on any atom is 0.261 e. The minimum absolute atomic E-state index is 0.00413. The number of fused-ring (bicyclic) bond motifs is 1. The van der Waals surface area contributed by atoms with Gasteiger partial charge in [0.15, 0.2) is 16.5 Å². The lowest BCUT2D eigenvalue weighted by atomic mass is 10.00. The third kappa shape index (κ3) is 4.82. The summed E-state index contributed by atoms with van der Waals surface area (Å²) in [6, 6.07) is 8.08. The fourth-order valence-electron chi connectivity index (χ4n) is 3.20. The van der Waals surface area contributed by atoms with Crippen LogP contribution >= 0.6 is 0 Å². The molecule has 0 bridgehead atoms. The number of rotatable bonds is 8. The Morgan fingerprint density at radius 2 is 2.03 bits per heavy atom. The smallest absolute Gasteiger partial charge is 0.261 e. The van der Waals surface area contributed by atoms with Crippen molar-refractivity contribution in [2.45, 2.75) is 50.9 Å². The Kier molecular flexibility index (Phi) is 6.47. The van der Waals surface area contributed by atoms with Crippen LogP contribution in [0.25, 0.3) is 6.08 Å². The minimum atomic E-state index is -3.80. The number of hydrogen-bond donors (Lipinski definition) is 0. The maximum absolute atomic E-state index is 13.2. The van der Waals surface area contributed by atoms with Crippen LogP contribution in [0.5, 0.6) is 11.5 Å². The molecule has 1 aliphatic heterocycles. The highest BCUT2D eigenvalue weighted by Gasteiger charge is 2.30. The second-order valence-corrected chi connectivity index (χ2v) is 9.74. The molecule has 2 aromatic rings. The predicted octanol–water partition coefficient (Wildman–Crippen LogP) is 4.21. The van der Waals surface area contributed by atoms with E-state index in [1.807, 2.05) is 45.9 Å². The molecule has 30 heavy (non-hydrogen) atoms. The molecule has 2 heterocycles. The van der Waals surface area contributed by atoms with E-state index in [9.17, 15) is 12.8 Å². The summed E-state index contributed by atoms with van der Waals surface area (Å²) in [7, 11) is -3.80. The number of aromatic nitrogens is 1. The van der Waals surface area contributed by atoms with E-state index in [1.165, 1.54) is 16.6 Å². The van der Waals surface area contributed by atoms with Crippen molar-refractivity contribution < 1.29 is 22.3 Å². The molecule has 0 amide bonds. The average molecular weight is 435 g/mol. The summed E-state index contributed by atoms with van der Waals surface area (Å²) in [5.41, 5.74) is 0.956. The highest BCUT2D eigenvalue weighted by atomic mass is 32.2. The van der Waals surface area contributed by atoms with E-state index in [4.69, 9.17) is 9.47 Å². The Hall–Kier alpha value is -2.45. The van der Waals surface area contributed by atoms with E-state index in [0.717, 1.165) is 5.56 Å². The van der Waals surface area contributed by atoms with Crippen molar-refractivity contribution >= 4 is 16.1 Å². The van der Waals surface area contributed by atoms with Gasteiger partial charge in [-0.3, -0.25) is 0 Å². The number of nitrogens with zero attached hydrogens (tertiary/aromatic N) is 2. The number of alkyl halides is 1. The lowest BCUT2D eigenvalue weighted by Crippen LogP contribution is -2.37. The van der Waals surface area contributed by atoms with Crippen LogP contribution in [-0.2, 0) is 16.6 Å². The van der Waals surface area contributed by atoms with Crippen molar-refractivity contribution in [3.8, 4) is 11.5 Å². The lowest BCUT2D eigenvalue weighted by Gasteiger charge is -2.30. The van der Waals surface area contributed by atoms with Crippen molar-refractivity contribution in [2.24, 2.45) is 0 Å². The number of hydrogen-bond acceptors (Lipinski definition) is 5. The molecule has 0 atom stereocenters. The summed E-state index contributed by atoms with van der Waals surface area (Å²) in [6.07, 6.45) is 5.29. The minimum Gasteiger partial charge on any atom is -0.487 e. The van der Waals surface area contributed by atoms with E-state index in [0.29, 0.717) is 17.1 Å². The van der Waals surface area contributed by atoms with E-state index in [1.54, 1.807) is 18.2 Å². The van der Waals surface area contributed by atoms with Crippen LogP contribution in [0.3, 0.4) is 0 Å². The Morgan fingerprint density at radius 3 is 2.67 bits per heavy atom. The summed E-state index contributed by atoms with van der Waals surface area (Å²) < 4.78 is 52.0. The van der Waals surface area contributed by atoms with Crippen LogP contribution in [-0.4, -0.2) is 42.6 Å². The van der Waals surface area contributed by atoms with E-state index in [2.05, 4.69) is 4.98 Å². The Labute approximate surface area is 177 Å². The van der Waals surface area contributed by atoms with E-state index >= 15 is 0 Å². The Morgan fingerprint density at radius 1 is 1.27 bits per heavy atom. The highest BCUT2D eigenvalue weighted by molar-refractivity contribution is 7.89. The molecular formula is C22H27FN2O4S. The fraction of sp³-hybridized carbons (Fsp3) is 0.409. The first-order valence-electron chi connectivity index (χ1n) is 9.81. The topological polar surface area (TPSA) is 68.7 Å². The third-order valence-electron chi connectivity index (χ3n) is 4.63. The molecule has 1 aromatic carbocycles. The zero-order valence-corrected chi connectivity index (χ0v) is 18.4. The van der Waals surface area contributed by atoms with Crippen LogP contribution in [0.4, 0.5) is 4.39 Å². The predicted molar refractivity (Wildman–Crippen MR) is 114 cm³/mol. The van der Waals surface area contributed by atoms with Gasteiger partial charge in [-0.1, -0.05) is 12.1 Å². The summed E-state index contributed by atoms with van der Waals surface area (Å²) in [4.78, 5) is 4.01. The third-order valence-corrected chi connectivity index (χ3v) is 6.57. The standard InChI is InChI=1S/C22H27FN2O4S/c1-16(2)25(30(26,27)20-7-5-6-11-24-20)15-17-13-18-8-9-22(3,4)29-21(18)19(14-17)28-12-10-23/h5-9,11,13-14,16H,10,12,15H2,1-4H3. The van der Waals surface area contributed by atoms with Crippen LogP contribution in [0.2, 0.25) is 0 Å². The van der Waals surface area contributed by atoms with Gasteiger partial charge in [-0.2, -0.15) is 4.31 Å². The molecule has 0 unspecified atom stereocenters. The molecule has 0 spiro atoms. The van der Waals surface area contributed by atoms with Crippen LogP contribution in [0.1, 0.15) is 38.8 Å². The second-order valence-electron chi connectivity index (χ2n) is 7.90. The lowest BCUT2D eigenvalue weighted by molar-refractivity contribution is 0.147. The molecule has 0 radical (unpaired) electrons. The quantitative estimate of drug-likeness (QED) is 0.622. The molecule has 3 rings (SSSR count). The Balaban J connectivity index is 2.00. The van der Waals surface area contributed by atoms with Gasteiger partial charge in [0.2, 0.25) is 0 Å². The number of ether oxygens (including phenoxy) is 2. The largest absolute Gasteiger partial charge is 0.487 e. The Bertz CT molecular complexity index is 1020. The van der Waals surface area contributed by atoms with Gasteiger partial charge in [0.05, 0.1) is 0 Å². The monoisotopic (exact) mass is 434 g/mol. The van der Waals surface area contributed by atoms with Crippen molar-refractivity contribution in [3.63, 3.8) is 0 Å². The molecular weight excluding hydrogens is 407 g/mol. The number of benzene rings is 1. The van der Waals surface area contributed by atoms with Gasteiger partial charge in [-0.15, -0.1) is 0 Å². The number of halogens is 1. The molecule has 6 nitrogen and oxygen atoms in total. The fourth-order valence-corrected chi connectivity index (χ4v) is 4.75. The molecule has 0 aliphatic carbocycles. The van der Waals surface area contributed by atoms with Crippen LogP contribution in [0.15, 0.2) is 47.6 Å².